The lowest BCUT2D eigenvalue weighted by molar-refractivity contribution is -0.0223. The Labute approximate surface area is 114 Å². The summed E-state index contributed by atoms with van der Waals surface area (Å²) < 4.78 is 5.40. The molecule has 3 atom stereocenters. The molecule has 2 heterocycles. The Kier molecular flexibility index (Phi) is 4.86. The van der Waals surface area contributed by atoms with Gasteiger partial charge in [0.1, 0.15) is 0 Å². The molecular weight excluding hydrogens is 240 g/mol. The minimum Gasteiger partial charge on any atom is -0.361 e. The van der Waals surface area contributed by atoms with Crippen LogP contribution in [0.15, 0.2) is 24.5 Å². The first-order valence-corrected chi connectivity index (χ1v) is 6.67. The average molecular weight is 260 g/mol. The molecule has 0 aromatic carbocycles. The maximum atomic E-state index is 9.01. The number of nitrogens with two attached hydrogens (primary N) is 1. The van der Waals surface area contributed by atoms with Gasteiger partial charge in [0.25, 0.3) is 0 Å². The second kappa shape index (κ2) is 6.62. The number of ether oxygens (including phenoxy) is 1. The predicted octanol–water partition coefficient (Wildman–Crippen LogP) is 1.08. The quantitative estimate of drug-likeness (QED) is 0.877. The molecule has 5 heteroatoms. The van der Waals surface area contributed by atoms with Crippen LogP contribution in [0.5, 0.6) is 0 Å². The minimum absolute atomic E-state index is 0.0293. The van der Waals surface area contributed by atoms with Gasteiger partial charge in [-0.3, -0.25) is 9.88 Å². The molecule has 0 saturated carbocycles. The second-order valence-corrected chi connectivity index (χ2v) is 4.79. The van der Waals surface area contributed by atoms with Crippen LogP contribution in [0.3, 0.4) is 0 Å². The fourth-order valence-electron chi connectivity index (χ4n) is 2.50. The molecule has 0 spiro atoms. The lowest BCUT2D eigenvalue weighted by Crippen LogP contribution is -2.49. The molecule has 102 valence electrons. The van der Waals surface area contributed by atoms with Gasteiger partial charge in [-0.1, -0.05) is 13.0 Å². The number of hydrogen-bond donors (Lipinski definition) is 1. The zero-order valence-corrected chi connectivity index (χ0v) is 11.2. The third-order valence-electron chi connectivity index (χ3n) is 3.54. The van der Waals surface area contributed by atoms with Gasteiger partial charge in [-0.05, 0) is 18.1 Å². The Morgan fingerprint density at radius 1 is 1.68 bits per heavy atom. The van der Waals surface area contributed by atoms with Crippen LogP contribution in [0.4, 0.5) is 0 Å². The monoisotopic (exact) mass is 260 g/mol. The number of aromatic nitrogens is 1. The molecule has 1 aliphatic rings. The first kappa shape index (κ1) is 13.9. The van der Waals surface area contributed by atoms with Gasteiger partial charge in [0.2, 0.25) is 0 Å². The zero-order valence-electron chi connectivity index (χ0n) is 11.2. The van der Waals surface area contributed by atoms with E-state index in [9.17, 15) is 0 Å². The van der Waals surface area contributed by atoms with Gasteiger partial charge in [-0.25, -0.2) is 0 Å². The Morgan fingerprint density at radius 2 is 2.53 bits per heavy atom. The van der Waals surface area contributed by atoms with E-state index >= 15 is 0 Å². The largest absolute Gasteiger partial charge is 0.361 e. The van der Waals surface area contributed by atoms with E-state index in [1.54, 1.807) is 6.20 Å². The van der Waals surface area contributed by atoms with Crippen LogP contribution in [-0.2, 0) is 4.74 Å². The summed E-state index contributed by atoms with van der Waals surface area (Å²) in [5.41, 5.74) is 7.38. The van der Waals surface area contributed by atoms with E-state index in [1.165, 1.54) is 0 Å². The van der Waals surface area contributed by atoms with Crippen molar-refractivity contribution >= 4 is 0 Å². The summed E-state index contributed by atoms with van der Waals surface area (Å²) in [5, 5.41) is 9.01. The van der Waals surface area contributed by atoms with Crippen molar-refractivity contribution in [3.8, 4) is 6.07 Å². The maximum Gasteiger partial charge on any atom is 0.156 e. The van der Waals surface area contributed by atoms with Crippen LogP contribution in [0.25, 0.3) is 0 Å². The lowest BCUT2D eigenvalue weighted by atomic mass is 9.97. The topological polar surface area (TPSA) is 75.2 Å². The van der Waals surface area contributed by atoms with Crippen molar-refractivity contribution in [1.82, 2.24) is 9.88 Å². The van der Waals surface area contributed by atoms with Gasteiger partial charge < -0.3 is 10.5 Å². The van der Waals surface area contributed by atoms with E-state index < -0.39 is 0 Å². The van der Waals surface area contributed by atoms with E-state index in [0.29, 0.717) is 13.2 Å². The molecule has 1 aromatic rings. The first-order chi connectivity index (χ1) is 9.26. The van der Waals surface area contributed by atoms with Crippen molar-refractivity contribution < 1.29 is 4.74 Å². The molecule has 0 radical (unpaired) electrons. The number of hydrogen-bond acceptors (Lipinski definition) is 5. The molecule has 0 bridgehead atoms. The number of rotatable bonds is 4. The van der Waals surface area contributed by atoms with Gasteiger partial charge in [0, 0.05) is 31.5 Å². The van der Waals surface area contributed by atoms with Gasteiger partial charge in [0.15, 0.2) is 6.10 Å². The molecular formula is C14H20N4O. The SMILES string of the molecule is CCC(N)C(c1cccnc1)N1CCOC(C#N)C1. The van der Waals surface area contributed by atoms with Gasteiger partial charge in [0.05, 0.1) is 18.7 Å². The van der Waals surface area contributed by atoms with E-state index in [-0.39, 0.29) is 18.2 Å². The molecule has 1 aliphatic heterocycles. The summed E-state index contributed by atoms with van der Waals surface area (Å²) in [6.07, 6.45) is 4.14. The van der Waals surface area contributed by atoms with Gasteiger partial charge in [-0.2, -0.15) is 5.26 Å². The molecule has 3 unspecified atom stereocenters. The highest BCUT2D eigenvalue weighted by molar-refractivity contribution is 5.17. The molecule has 19 heavy (non-hydrogen) atoms. The van der Waals surface area contributed by atoms with Gasteiger partial charge >= 0.3 is 0 Å². The molecule has 5 nitrogen and oxygen atoms in total. The normalized spacial score (nSPS) is 23.5. The van der Waals surface area contributed by atoms with E-state index in [4.69, 9.17) is 15.7 Å². The van der Waals surface area contributed by atoms with Crippen molar-refractivity contribution in [2.24, 2.45) is 5.73 Å². The Hall–Kier alpha value is -1.48. The Balaban J connectivity index is 2.21. The van der Waals surface area contributed by atoms with E-state index in [2.05, 4.69) is 22.9 Å². The summed E-state index contributed by atoms with van der Waals surface area (Å²) >= 11 is 0. The van der Waals surface area contributed by atoms with Crippen LogP contribution in [0, 0.1) is 11.3 Å². The van der Waals surface area contributed by atoms with Crippen LogP contribution in [0.2, 0.25) is 0 Å². The zero-order chi connectivity index (χ0) is 13.7. The van der Waals surface area contributed by atoms with E-state index in [1.807, 2.05) is 18.3 Å². The molecule has 0 amide bonds. The average Bonchev–Trinajstić information content (AvgIpc) is 2.48. The molecule has 1 aromatic heterocycles. The van der Waals surface area contributed by atoms with E-state index in [0.717, 1.165) is 18.5 Å². The Bertz CT molecular complexity index is 431. The third kappa shape index (κ3) is 3.29. The molecule has 2 rings (SSSR count). The highest BCUT2D eigenvalue weighted by atomic mass is 16.5. The summed E-state index contributed by atoms with van der Waals surface area (Å²) in [7, 11) is 0. The maximum absolute atomic E-state index is 9.01. The molecule has 1 saturated heterocycles. The van der Waals surface area contributed by atoms with Crippen LogP contribution < -0.4 is 5.73 Å². The number of morpholine rings is 1. The first-order valence-electron chi connectivity index (χ1n) is 6.67. The second-order valence-electron chi connectivity index (χ2n) is 4.79. The van der Waals surface area contributed by atoms with Crippen LogP contribution >= 0.6 is 0 Å². The number of pyridine rings is 1. The van der Waals surface area contributed by atoms with Crippen molar-refractivity contribution in [1.29, 1.82) is 5.26 Å². The van der Waals surface area contributed by atoms with Crippen molar-refractivity contribution in [3.63, 3.8) is 0 Å². The minimum atomic E-state index is -0.364. The molecule has 0 aliphatic carbocycles. The highest BCUT2D eigenvalue weighted by Crippen LogP contribution is 2.26. The summed E-state index contributed by atoms with van der Waals surface area (Å²) in [4.78, 5) is 6.42. The van der Waals surface area contributed by atoms with Crippen molar-refractivity contribution in [2.75, 3.05) is 19.7 Å². The fourth-order valence-corrected chi connectivity index (χ4v) is 2.50. The standard InChI is InChI=1S/C14H20N4O/c1-2-13(16)14(11-4-3-5-17-9-11)18-6-7-19-12(8-15)10-18/h3-5,9,12-14H,2,6-7,10,16H2,1H3. The summed E-state index contributed by atoms with van der Waals surface area (Å²) in [5.74, 6) is 0. The summed E-state index contributed by atoms with van der Waals surface area (Å²) in [6, 6.07) is 6.27. The lowest BCUT2D eigenvalue weighted by Gasteiger charge is -2.39. The highest BCUT2D eigenvalue weighted by Gasteiger charge is 2.30. The Morgan fingerprint density at radius 3 is 3.16 bits per heavy atom. The van der Waals surface area contributed by atoms with Crippen molar-refractivity contribution in [3.05, 3.63) is 30.1 Å². The predicted molar refractivity (Wildman–Crippen MR) is 72.2 cm³/mol. The summed E-state index contributed by atoms with van der Waals surface area (Å²) in [6.45, 7) is 4.05. The fraction of sp³-hybridized carbons (Fsp3) is 0.571. The molecule has 2 N–H and O–H groups in total. The smallest absolute Gasteiger partial charge is 0.156 e. The van der Waals surface area contributed by atoms with Crippen LogP contribution in [-0.4, -0.2) is 41.7 Å². The van der Waals surface area contributed by atoms with Gasteiger partial charge in [-0.15, -0.1) is 0 Å². The molecule has 1 fully saturated rings. The third-order valence-corrected chi connectivity index (χ3v) is 3.54. The van der Waals surface area contributed by atoms with Crippen molar-refractivity contribution in [2.45, 2.75) is 31.5 Å². The number of nitrogens with zero attached hydrogens (tertiary/aromatic N) is 3. The van der Waals surface area contributed by atoms with Crippen LogP contribution in [0.1, 0.15) is 24.9 Å². The number of nitriles is 1.